The quantitative estimate of drug-likeness (QED) is 0.0377. The Morgan fingerprint density at radius 2 is 0.521 bits per heavy atom. The Bertz CT molecular complexity index is 704. The van der Waals surface area contributed by atoms with Gasteiger partial charge in [0.15, 0.2) is 0 Å². The minimum Gasteiger partial charge on any atom is -1.00 e. The van der Waals surface area contributed by atoms with E-state index in [2.05, 4.69) is 65.8 Å². The van der Waals surface area contributed by atoms with E-state index < -0.39 is 0 Å². The van der Waals surface area contributed by atoms with Gasteiger partial charge in [-0.1, -0.05) is 169 Å². The first-order chi connectivity index (χ1) is 22.5. The predicted octanol–water partition coefficient (Wildman–Crippen LogP) is 7.81. The molecule has 2 nitrogen and oxygen atoms in total. The van der Waals surface area contributed by atoms with Gasteiger partial charge in [0, 0.05) is 11.1 Å². The van der Waals surface area contributed by atoms with E-state index in [1.807, 2.05) is 0 Å². The smallest absolute Gasteiger partial charge is 0.104 e. The van der Waals surface area contributed by atoms with Crippen LogP contribution in [0.2, 0.25) is 0 Å². The molecule has 0 bridgehead atoms. The summed E-state index contributed by atoms with van der Waals surface area (Å²) in [4.78, 5) is 0. The van der Waals surface area contributed by atoms with Gasteiger partial charge in [0.25, 0.3) is 0 Å². The van der Waals surface area contributed by atoms with Crippen LogP contribution in [-0.2, 0) is 13.1 Å². The predicted molar refractivity (Wildman–Crippen MR) is 208 cm³/mol. The van der Waals surface area contributed by atoms with E-state index in [1.54, 1.807) is 11.1 Å². The second-order valence-corrected chi connectivity index (χ2v) is 15.5. The molecule has 0 unspecified atom stereocenters. The number of unbranched alkanes of at least 4 members (excludes halogenated alkanes) is 18. The van der Waals surface area contributed by atoms with E-state index in [-0.39, 0.29) is 48.0 Å². The minimum absolute atomic E-state index is 0. The third kappa shape index (κ3) is 24.7. The zero-order valence-electron chi connectivity index (χ0n) is 33.6. The Kier molecular flexibility index (Phi) is 36.6. The van der Waals surface area contributed by atoms with Crippen molar-refractivity contribution in [2.24, 2.45) is 0 Å². The van der Waals surface area contributed by atoms with Crippen LogP contribution >= 0.6 is 0 Å². The second-order valence-electron chi connectivity index (χ2n) is 15.5. The zero-order chi connectivity index (χ0) is 33.6. The van der Waals surface area contributed by atoms with Crippen molar-refractivity contribution in [2.75, 3.05) is 39.3 Å². The fourth-order valence-electron chi connectivity index (χ4n) is 8.44. The summed E-state index contributed by atoms with van der Waals surface area (Å²) >= 11 is 0. The van der Waals surface area contributed by atoms with Gasteiger partial charge in [-0.05, 0) is 51.4 Å². The van der Waals surface area contributed by atoms with Crippen LogP contribution in [0, 0.1) is 0 Å². The maximum atomic E-state index is 2.51. The van der Waals surface area contributed by atoms with E-state index in [9.17, 15) is 0 Å². The van der Waals surface area contributed by atoms with Gasteiger partial charge >= 0.3 is 0 Å². The van der Waals surface area contributed by atoms with Gasteiger partial charge in [-0.3, -0.25) is 0 Å². The molecule has 0 aromatic heterocycles. The number of benzene rings is 1. The van der Waals surface area contributed by atoms with Gasteiger partial charge in [0.05, 0.1) is 39.3 Å². The summed E-state index contributed by atoms with van der Waals surface area (Å²) < 4.78 is 2.60. The number of quaternary nitrogens is 2. The van der Waals surface area contributed by atoms with Crippen molar-refractivity contribution in [3.05, 3.63) is 35.4 Å². The Labute approximate surface area is 338 Å². The molecule has 4 heteroatoms. The van der Waals surface area contributed by atoms with E-state index >= 15 is 0 Å². The maximum Gasteiger partial charge on any atom is 0.104 e. The summed E-state index contributed by atoms with van der Waals surface area (Å²) in [7, 11) is 0. The normalized spacial score (nSPS) is 11.8. The standard InChI is InChI=1S/C44H86N2.2HI/c1-7-13-15-17-19-21-23-25-27-29-39-45(35-9-3,36-10-4)41-43-31-33-44(34-32-43)42-46(37-11-5,38-12-6)40-30-28-26-24-22-20-18-16-14-8-2;;/h31-34H,7-30,35-42H2,1-6H3;2*1H/q+2;;/p-2. The van der Waals surface area contributed by atoms with Crippen LogP contribution in [0.4, 0.5) is 0 Å². The molecule has 1 aromatic rings. The summed E-state index contributed by atoms with van der Waals surface area (Å²) in [6, 6.07) is 10.1. The highest BCUT2D eigenvalue weighted by Crippen LogP contribution is 2.23. The highest BCUT2D eigenvalue weighted by Gasteiger charge is 2.27. The maximum absolute atomic E-state index is 2.51. The molecule has 0 saturated heterocycles. The summed E-state index contributed by atoms with van der Waals surface area (Å²) in [6.07, 6.45) is 33.8. The Morgan fingerprint density at radius 1 is 0.292 bits per heavy atom. The Morgan fingerprint density at radius 3 is 0.750 bits per heavy atom. The van der Waals surface area contributed by atoms with Crippen LogP contribution in [0.3, 0.4) is 0 Å². The van der Waals surface area contributed by atoms with Gasteiger partial charge in [-0.2, -0.15) is 0 Å². The SMILES string of the molecule is CCCCCCCCCCCC[N+](CCC)(CCC)Cc1ccc(C[N+](CCC)(CCC)CCCCCCCCCCCC)cc1.[I-].[I-]. The van der Waals surface area contributed by atoms with Gasteiger partial charge in [0.1, 0.15) is 13.1 Å². The molecule has 0 aliphatic carbocycles. The lowest BCUT2D eigenvalue weighted by Crippen LogP contribution is -3.00. The summed E-state index contributed by atoms with van der Waals surface area (Å²) in [6.45, 7) is 24.7. The first-order valence-electron chi connectivity index (χ1n) is 21.3. The number of hydrogen-bond donors (Lipinski definition) is 0. The molecule has 0 spiro atoms. The van der Waals surface area contributed by atoms with Gasteiger partial charge in [-0.15, -0.1) is 0 Å². The summed E-state index contributed by atoms with van der Waals surface area (Å²) in [5.74, 6) is 0. The number of rotatable bonds is 34. The molecule has 0 aliphatic heterocycles. The van der Waals surface area contributed by atoms with Crippen molar-refractivity contribution in [3.8, 4) is 0 Å². The van der Waals surface area contributed by atoms with Crippen molar-refractivity contribution in [1.82, 2.24) is 0 Å². The van der Waals surface area contributed by atoms with Crippen LogP contribution < -0.4 is 48.0 Å². The number of nitrogens with zero attached hydrogens (tertiary/aromatic N) is 2. The summed E-state index contributed by atoms with van der Waals surface area (Å²) in [5.41, 5.74) is 3.13. The Balaban J connectivity index is 0. The van der Waals surface area contributed by atoms with Crippen LogP contribution in [-0.4, -0.2) is 48.2 Å². The third-order valence-electron chi connectivity index (χ3n) is 10.8. The van der Waals surface area contributed by atoms with Gasteiger partial charge in [0.2, 0.25) is 0 Å². The first kappa shape index (κ1) is 50.7. The largest absolute Gasteiger partial charge is 1.00 e. The molecule has 0 radical (unpaired) electrons. The monoisotopic (exact) mass is 896 g/mol. The zero-order valence-corrected chi connectivity index (χ0v) is 37.9. The molecular formula is C44H86I2N2. The molecule has 0 amide bonds. The average molecular weight is 897 g/mol. The molecule has 0 fully saturated rings. The van der Waals surface area contributed by atoms with E-state index in [0.717, 1.165) is 0 Å². The van der Waals surface area contributed by atoms with Crippen molar-refractivity contribution in [1.29, 1.82) is 0 Å². The fourth-order valence-corrected chi connectivity index (χ4v) is 8.44. The molecule has 48 heavy (non-hydrogen) atoms. The van der Waals surface area contributed by atoms with Crippen molar-refractivity contribution in [3.63, 3.8) is 0 Å². The number of hydrogen-bond acceptors (Lipinski definition) is 0. The first-order valence-corrected chi connectivity index (χ1v) is 21.3. The van der Waals surface area contributed by atoms with E-state index in [4.69, 9.17) is 0 Å². The molecule has 286 valence electrons. The lowest BCUT2D eigenvalue weighted by atomic mass is 10.0. The molecule has 0 heterocycles. The molecule has 0 saturated carbocycles. The molecule has 0 N–H and O–H groups in total. The molecular weight excluding hydrogens is 810 g/mol. The van der Waals surface area contributed by atoms with Crippen LogP contribution in [0.25, 0.3) is 0 Å². The number of halogens is 2. The lowest BCUT2D eigenvalue weighted by molar-refractivity contribution is -0.941. The minimum atomic E-state index is 0. The topological polar surface area (TPSA) is 0 Å². The van der Waals surface area contributed by atoms with Crippen molar-refractivity contribution >= 4 is 0 Å². The lowest BCUT2D eigenvalue weighted by Gasteiger charge is -2.40. The van der Waals surface area contributed by atoms with Gasteiger partial charge < -0.3 is 56.9 Å². The highest BCUT2D eigenvalue weighted by molar-refractivity contribution is 5.21. The van der Waals surface area contributed by atoms with Crippen LogP contribution in [0.5, 0.6) is 0 Å². The highest BCUT2D eigenvalue weighted by atomic mass is 127. The third-order valence-corrected chi connectivity index (χ3v) is 10.8. The van der Waals surface area contributed by atoms with E-state index in [0.29, 0.717) is 0 Å². The van der Waals surface area contributed by atoms with Gasteiger partial charge in [-0.25, -0.2) is 0 Å². The summed E-state index contributed by atoms with van der Waals surface area (Å²) in [5, 5.41) is 0. The van der Waals surface area contributed by atoms with Crippen molar-refractivity contribution < 1.29 is 56.9 Å². The average Bonchev–Trinajstić information content (AvgIpc) is 3.04. The molecule has 0 aliphatic rings. The van der Waals surface area contributed by atoms with Crippen LogP contribution in [0.1, 0.15) is 207 Å². The second kappa shape index (κ2) is 34.7. The molecule has 0 atom stereocenters. The van der Waals surface area contributed by atoms with Crippen LogP contribution in [0.15, 0.2) is 24.3 Å². The molecule has 1 aromatic carbocycles. The van der Waals surface area contributed by atoms with Crippen molar-refractivity contribution in [2.45, 2.75) is 209 Å². The molecule has 1 rings (SSSR count). The fraction of sp³-hybridized carbons (Fsp3) is 0.864. The van der Waals surface area contributed by atoms with E-state index in [1.165, 1.54) is 215 Å². The Hall–Kier alpha value is 0.600.